The molecule has 0 saturated heterocycles. The molecule has 0 heterocycles. The van der Waals surface area contributed by atoms with E-state index in [9.17, 15) is 24.6 Å². The largest absolute Gasteiger partial charge is 0.481 e. The number of hydrogen-bond donors (Lipinski definition) is 4. The van der Waals surface area contributed by atoms with E-state index in [1.54, 1.807) is 0 Å². The smallest absolute Gasteiger partial charge is 0.407 e. The normalized spacial score (nSPS) is 12.6. The van der Waals surface area contributed by atoms with Crippen molar-refractivity contribution in [3.05, 3.63) is 71.3 Å². The summed E-state index contributed by atoms with van der Waals surface area (Å²) in [5, 5.41) is 31.5. The number of nitrogens with one attached hydrogen (secondary N) is 1. The lowest BCUT2D eigenvalue weighted by Crippen LogP contribution is -2.29. The fraction of sp³-hybridized carbons (Fsp3) is 0.318. The molecular weight excluding hydrogens is 390 g/mol. The van der Waals surface area contributed by atoms with E-state index in [0.29, 0.717) is 11.1 Å². The lowest BCUT2D eigenvalue weighted by Gasteiger charge is -2.18. The molecular formula is C22H25NO7. The average molecular weight is 415 g/mol. The quantitative estimate of drug-likeness (QED) is 0.414. The van der Waals surface area contributed by atoms with E-state index >= 15 is 0 Å². The maximum Gasteiger partial charge on any atom is 0.407 e. The first-order chi connectivity index (χ1) is 14.4. The summed E-state index contributed by atoms with van der Waals surface area (Å²) in [7, 11) is 0. The van der Waals surface area contributed by atoms with Gasteiger partial charge >= 0.3 is 12.1 Å². The molecule has 0 aromatic heterocycles. The third kappa shape index (κ3) is 7.65. The molecule has 2 unspecified atom stereocenters. The van der Waals surface area contributed by atoms with Gasteiger partial charge in [-0.1, -0.05) is 54.6 Å². The molecule has 2 atom stereocenters. The second-order valence-corrected chi connectivity index (χ2v) is 6.73. The number of carboxylic acid groups (broad SMARTS) is 1. The van der Waals surface area contributed by atoms with Crippen LogP contribution in [0.2, 0.25) is 0 Å². The summed E-state index contributed by atoms with van der Waals surface area (Å²) >= 11 is 0. The maximum absolute atomic E-state index is 11.9. The summed E-state index contributed by atoms with van der Waals surface area (Å²) in [4.78, 5) is 34.1. The number of hydrogen-bond acceptors (Lipinski definition) is 6. The zero-order valence-corrected chi connectivity index (χ0v) is 16.4. The number of carbonyl (C=O) groups is 3. The minimum absolute atomic E-state index is 0.0981. The Hall–Kier alpha value is -3.23. The number of aliphatic carboxylic acids is 1. The van der Waals surface area contributed by atoms with Crippen molar-refractivity contribution in [2.45, 2.75) is 38.1 Å². The van der Waals surface area contributed by atoms with Crippen molar-refractivity contribution in [2.75, 3.05) is 6.54 Å². The molecule has 8 heteroatoms. The van der Waals surface area contributed by atoms with Crippen LogP contribution in [-0.2, 0) is 16.1 Å². The van der Waals surface area contributed by atoms with Gasteiger partial charge in [-0.3, -0.25) is 9.59 Å². The summed E-state index contributed by atoms with van der Waals surface area (Å²) in [6, 6.07) is 15.2. The molecule has 4 N–H and O–H groups in total. The Bertz CT molecular complexity index is 836. The van der Waals surface area contributed by atoms with Gasteiger partial charge in [0.2, 0.25) is 0 Å². The zero-order valence-electron chi connectivity index (χ0n) is 16.4. The molecule has 2 aromatic rings. The van der Waals surface area contributed by atoms with Gasteiger partial charge in [0.05, 0.1) is 12.5 Å². The number of ketones is 1. The molecule has 0 saturated carbocycles. The van der Waals surface area contributed by atoms with Gasteiger partial charge in [-0.25, -0.2) is 4.79 Å². The Morgan fingerprint density at radius 2 is 1.60 bits per heavy atom. The van der Waals surface area contributed by atoms with Crippen LogP contribution in [0.5, 0.6) is 0 Å². The van der Waals surface area contributed by atoms with E-state index < -0.39 is 24.3 Å². The first kappa shape index (κ1) is 23.1. The van der Waals surface area contributed by atoms with Crippen molar-refractivity contribution in [3.63, 3.8) is 0 Å². The second-order valence-electron chi connectivity index (χ2n) is 6.73. The van der Waals surface area contributed by atoms with E-state index in [1.807, 2.05) is 30.3 Å². The van der Waals surface area contributed by atoms with Crippen LogP contribution in [0.4, 0.5) is 4.79 Å². The van der Waals surface area contributed by atoms with E-state index in [1.165, 1.54) is 24.3 Å². The van der Waals surface area contributed by atoms with Gasteiger partial charge < -0.3 is 25.4 Å². The molecule has 2 aromatic carbocycles. The van der Waals surface area contributed by atoms with Crippen molar-refractivity contribution in [1.82, 2.24) is 5.32 Å². The number of aliphatic hydroxyl groups is 2. The summed E-state index contributed by atoms with van der Waals surface area (Å²) < 4.78 is 5.06. The Morgan fingerprint density at radius 3 is 2.23 bits per heavy atom. The summed E-state index contributed by atoms with van der Waals surface area (Å²) in [5.74, 6) is -1.35. The third-order valence-corrected chi connectivity index (χ3v) is 4.43. The molecule has 160 valence electrons. The SMILES string of the molecule is O=C(O)CCC(=O)c1ccc(C(O)C(O)CCNC(=O)OCc2ccccc2)cc1. The average Bonchev–Trinajstić information content (AvgIpc) is 2.76. The molecule has 1 amide bonds. The highest BCUT2D eigenvalue weighted by molar-refractivity contribution is 5.97. The summed E-state index contributed by atoms with van der Waals surface area (Å²) in [6.07, 6.45) is -3.21. The van der Waals surface area contributed by atoms with E-state index in [2.05, 4.69) is 5.32 Å². The topological polar surface area (TPSA) is 133 Å². The van der Waals surface area contributed by atoms with E-state index in [4.69, 9.17) is 9.84 Å². The van der Waals surface area contributed by atoms with E-state index in [-0.39, 0.29) is 38.2 Å². The molecule has 8 nitrogen and oxygen atoms in total. The standard InChI is InChI=1S/C22H25NO7/c24-18(10-11-20(26)27)16-6-8-17(9-7-16)21(28)19(25)12-13-23-22(29)30-14-15-4-2-1-3-5-15/h1-9,19,21,25,28H,10-14H2,(H,23,29)(H,26,27). The van der Waals surface area contributed by atoms with Crippen molar-refractivity contribution < 1.29 is 34.4 Å². The number of benzene rings is 2. The highest BCUT2D eigenvalue weighted by Crippen LogP contribution is 2.20. The van der Waals surface area contributed by atoms with Crippen molar-refractivity contribution in [3.8, 4) is 0 Å². The molecule has 0 aliphatic rings. The lowest BCUT2D eigenvalue weighted by atomic mass is 9.99. The Balaban J connectivity index is 1.74. The number of carbonyl (C=O) groups excluding carboxylic acids is 2. The van der Waals surface area contributed by atoms with Crippen molar-refractivity contribution >= 4 is 17.8 Å². The number of aliphatic hydroxyl groups excluding tert-OH is 2. The molecule has 0 spiro atoms. The Morgan fingerprint density at radius 1 is 0.933 bits per heavy atom. The lowest BCUT2D eigenvalue weighted by molar-refractivity contribution is -0.136. The number of Topliss-reactive ketones (excluding diaryl/α,β-unsaturated/α-hetero) is 1. The molecule has 0 bridgehead atoms. The number of carboxylic acids is 1. The predicted molar refractivity (Wildman–Crippen MR) is 108 cm³/mol. The molecule has 0 radical (unpaired) electrons. The molecule has 30 heavy (non-hydrogen) atoms. The number of rotatable bonds is 11. The van der Waals surface area contributed by atoms with Crippen LogP contribution >= 0.6 is 0 Å². The zero-order chi connectivity index (χ0) is 21.9. The van der Waals surface area contributed by atoms with Crippen molar-refractivity contribution in [2.24, 2.45) is 0 Å². The van der Waals surface area contributed by atoms with Gasteiger partial charge in [0, 0.05) is 18.5 Å². The minimum Gasteiger partial charge on any atom is -0.481 e. The maximum atomic E-state index is 11.9. The fourth-order valence-electron chi connectivity index (χ4n) is 2.71. The monoisotopic (exact) mass is 415 g/mol. The number of ether oxygens (including phenoxy) is 1. The van der Waals surface area contributed by atoms with Crippen LogP contribution in [0.3, 0.4) is 0 Å². The fourth-order valence-corrected chi connectivity index (χ4v) is 2.71. The summed E-state index contributed by atoms with van der Waals surface area (Å²) in [5.41, 5.74) is 1.60. The van der Waals surface area contributed by atoms with Gasteiger partial charge in [0.15, 0.2) is 5.78 Å². The molecule has 0 aliphatic heterocycles. The van der Waals surface area contributed by atoms with Crippen LogP contribution in [-0.4, -0.2) is 45.8 Å². The van der Waals surface area contributed by atoms with Gasteiger partial charge in [0.1, 0.15) is 12.7 Å². The first-order valence-corrected chi connectivity index (χ1v) is 9.52. The van der Waals surface area contributed by atoms with Crippen molar-refractivity contribution in [1.29, 1.82) is 0 Å². The molecule has 2 rings (SSSR count). The first-order valence-electron chi connectivity index (χ1n) is 9.52. The molecule has 0 fully saturated rings. The van der Waals surface area contributed by atoms with Crippen LogP contribution in [0.1, 0.15) is 46.9 Å². The van der Waals surface area contributed by atoms with Crippen LogP contribution < -0.4 is 5.32 Å². The highest BCUT2D eigenvalue weighted by atomic mass is 16.5. The van der Waals surface area contributed by atoms with Gasteiger partial charge in [-0.2, -0.15) is 0 Å². The molecule has 0 aliphatic carbocycles. The Kier molecular flexibility index (Phi) is 8.99. The number of amides is 1. The summed E-state index contributed by atoms with van der Waals surface area (Å²) in [6.45, 7) is 0.243. The number of alkyl carbamates (subject to hydrolysis) is 1. The minimum atomic E-state index is -1.20. The van der Waals surface area contributed by atoms with Crippen LogP contribution in [0.15, 0.2) is 54.6 Å². The van der Waals surface area contributed by atoms with Gasteiger partial charge in [-0.15, -0.1) is 0 Å². The third-order valence-electron chi connectivity index (χ3n) is 4.43. The van der Waals surface area contributed by atoms with Gasteiger partial charge in [0.25, 0.3) is 0 Å². The second kappa shape index (κ2) is 11.7. The highest BCUT2D eigenvalue weighted by Gasteiger charge is 2.19. The Labute approximate surface area is 174 Å². The predicted octanol–water partition coefficient (Wildman–Crippen LogP) is 2.44. The van der Waals surface area contributed by atoms with Crippen LogP contribution in [0, 0.1) is 0 Å². The van der Waals surface area contributed by atoms with Gasteiger partial charge in [-0.05, 0) is 17.5 Å². The van der Waals surface area contributed by atoms with Crippen LogP contribution in [0.25, 0.3) is 0 Å². The van der Waals surface area contributed by atoms with E-state index in [0.717, 1.165) is 5.56 Å².